The Bertz CT molecular complexity index is 271. The third-order valence-corrected chi connectivity index (χ3v) is 3.74. The molecule has 0 radical (unpaired) electrons. The number of carbonyl (C=O) groups is 2. The quantitative estimate of drug-likeness (QED) is 0.296. The molecule has 0 atom stereocenters. The average Bonchev–Trinajstić information content (AvgIpc) is 2.56. The zero-order valence-electron chi connectivity index (χ0n) is 16.3. The Kier molecular flexibility index (Phi) is 23.9. The lowest BCUT2D eigenvalue weighted by atomic mass is 10.1. The first kappa shape index (κ1) is 26.1. The molecule has 0 unspecified atom stereocenters. The number of carboxylic acids is 2. The van der Waals surface area contributed by atoms with E-state index in [1.54, 1.807) is 0 Å². The van der Waals surface area contributed by atoms with Gasteiger partial charge in [0.2, 0.25) is 0 Å². The van der Waals surface area contributed by atoms with Crippen LogP contribution in [0.2, 0.25) is 0 Å². The third-order valence-electron chi connectivity index (χ3n) is 3.74. The Balaban J connectivity index is 0. The van der Waals surface area contributed by atoms with Gasteiger partial charge in [-0.05, 0) is 51.9 Å². The van der Waals surface area contributed by atoms with Crippen molar-refractivity contribution in [1.82, 2.24) is 10.6 Å². The van der Waals surface area contributed by atoms with Crippen LogP contribution in [0.1, 0.15) is 84.5 Å². The minimum atomic E-state index is -0.759. The zero-order valence-corrected chi connectivity index (χ0v) is 16.3. The fourth-order valence-electron chi connectivity index (χ4n) is 2.29. The fraction of sp³-hybridized carbons (Fsp3) is 0.895. The van der Waals surface area contributed by atoms with E-state index in [0.29, 0.717) is 12.8 Å². The lowest BCUT2D eigenvalue weighted by Gasteiger charge is -2.02. The standard InChI is InChI=1S/C10H24N2.C9H16O4/c1-3-11-9-7-5-6-8-10-12-4-2;10-8(11)6-4-2-1-3-5-7-9(12)13/h11-12H,3-10H2,1-2H3;1-7H2,(H,10,11)(H,12,13). The summed E-state index contributed by atoms with van der Waals surface area (Å²) in [6, 6.07) is 0. The molecule has 150 valence electrons. The number of nitrogens with one attached hydrogen (secondary N) is 2. The van der Waals surface area contributed by atoms with E-state index in [1.807, 2.05) is 0 Å². The lowest BCUT2D eigenvalue weighted by Crippen LogP contribution is -2.15. The second-order valence-corrected chi connectivity index (χ2v) is 6.18. The van der Waals surface area contributed by atoms with E-state index in [2.05, 4.69) is 24.5 Å². The van der Waals surface area contributed by atoms with Gasteiger partial charge in [0.25, 0.3) is 0 Å². The van der Waals surface area contributed by atoms with Gasteiger partial charge in [-0.25, -0.2) is 0 Å². The molecule has 0 aliphatic rings. The SMILES string of the molecule is CCNCCCCCCNCC.O=C(O)CCCCCCCC(=O)O. The van der Waals surface area contributed by atoms with Crippen molar-refractivity contribution in [3.8, 4) is 0 Å². The molecule has 0 aromatic carbocycles. The number of hydrogen-bond donors (Lipinski definition) is 4. The van der Waals surface area contributed by atoms with Crippen molar-refractivity contribution >= 4 is 11.9 Å². The lowest BCUT2D eigenvalue weighted by molar-refractivity contribution is -0.138. The second-order valence-electron chi connectivity index (χ2n) is 6.18. The fourth-order valence-corrected chi connectivity index (χ4v) is 2.29. The molecule has 0 bridgehead atoms. The highest BCUT2D eigenvalue weighted by Crippen LogP contribution is 2.06. The van der Waals surface area contributed by atoms with E-state index in [1.165, 1.54) is 38.8 Å². The Labute approximate surface area is 153 Å². The highest BCUT2D eigenvalue weighted by Gasteiger charge is 1.98. The maximum atomic E-state index is 10.1. The van der Waals surface area contributed by atoms with Gasteiger partial charge in [0.05, 0.1) is 0 Å². The second kappa shape index (κ2) is 22.9. The molecule has 0 aromatic heterocycles. The summed E-state index contributed by atoms with van der Waals surface area (Å²) in [5.74, 6) is -1.52. The van der Waals surface area contributed by atoms with Crippen LogP contribution in [0.25, 0.3) is 0 Å². The molecule has 0 aliphatic carbocycles. The van der Waals surface area contributed by atoms with Crippen LogP contribution < -0.4 is 10.6 Å². The summed E-state index contributed by atoms with van der Waals surface area (Å²) in [4.78, 5) is 20.2. The van der Waals surface area contributed by atoms with Crippen LogP contribution in [0.4, 0.5) is 0 Å². The van der Waals surface area contributed by atoms with Crippen LogP contribution in [-0.2, 0) is 9.59 Å². The highest BCUT2D eigenvalue weighted by atomic mass is 16.4. The van der Waals surface area contributed by atoms with E-state index in [0.717, 1.165) is 32.4 Å². The molecule has 0 fully saturated rings. The largest absolute Gasteiger partial charge is 0.481 e. The van der Waals surface area contributed by atoms with Gasteiger partial charge in [0.1, 0.15) is 0 Å². The van der Waals surface area contributed by atoms with Crippen molar-refractivity contribution in [2.75, 3.05) is 26.2 Å². The summed E-state index contributed by atoms with van der Waals surface area (Å²) in [6.07, 6.45) is 9.94. The molecule has 0 rings (SSSR count). The minimum Gasteiger partial charge on any atom is -0.481 e. The van der Waals surface area contributed by atoms with Crippen molar-refractivity contribution in [3.05, 3.63) is 0 Å². The van der Waals surface area contributed by atoms with Gasteiger partial charge < -0.3 is 20.8 Å². The molecule has 6 heteroatoms. The van der Waals surface area contributed by atoms with Crippen LogP contribution in [0.15, 0.2) is 0 Å². The van der Waals surface area contributed by atoms with Gasteiger partial charge in [-0.15, -0.1) is 0 Å². The number of carboxylic acid groups (broad SMARTS) is 2. The minimum absolute atomic E-state index is 0.221. The number of aliphatic carboxylic acids is 2. The first-order valence-corrected chi connectivity index (χ1v) is 9.89. The van der Waals surface area contributed by atoms with Gasteiger partial charge in [-0.1, -0.05) is 46.0 Å². The molecular formula is C19H40N2O4. The van der Waals surface area contributed by atoms with E-state index < -0.39 is 11.9 Å². The molecule has 0 amide bonds. The Morgan fingerprint density at radius 2 is 0.920 bits per heavy atom. The molecular weight excluding hydrogens is 320 g/mol. The van der Waals surface area contributed by atoms with E-state index in [4.69, 9.17) is 10.2 Å². The van der Waals surface area contributed by atoms with E-state index in [-0.39, 0.29) is 12.8 Å². The van der Waals surface area contributed by atoms with Crippen LogP contribution in [0, 0.1) is 0 Å². The van der Waals surface area contributed by atoms with Gasteiger partial charge in [-0.2, -0.15) is 0 Å². The van der Waals surface area contributed by atoms with Crippen molar-refractivity contribution < 1.29 is 19.8 Å². The maximum Gasteiger partial charge on any atom is 0.303 e. The monoisotopic (exact) mass is 360 g/mol. The van der Waals surface area contributed by atoms with Crippen LogP contribution >= 0.6 is 0 Å². The highest BCUT2D eigenvalue weighted by molar-refractivity contribution is 5.66. The van der Waals surface area contributed by atoms with E-state index in [9.17, 15) is 9.59 Å². The summed E-state index contributed by atoms with van der Waals surface area (Å²) in [5.41, 5.74) is 0. The molecule has 0 saturated carbocycles. The first-order chi connectivity index (χ1) is 12.0. The summed E-state index contributed by atoms with van der Waals surface area (Å²) >= 11 is 0. The van der Waals surface area contributed by atoms with Crippen LogP contribution in [-0.4, -0.2) is 48.3 Å². The molecule has 0 heterocycles. The predicted octanol–water partition coefficient (Wildman–Crippen LogP) is 3.65. The van der Waals surface area contributed by atoms with Gasteiger partial charge in [0, 0.05) is 12.8 Å². The smallest absolute Gasteiger partial charge is 0.303 e. The van der Waals surface area contributed by atoms with Crippen molar-refractivity contribution in [3.63, 3.8) is 0 Å². The summed E-state index contributed by atoms with van der Waals surface area (Å²) in [6.45, 7) is 8.92. The van der Waals surface area contributed by atoms with Gasteiger partial charge in [-0.3, -0.25) is 9.59 Å². The molecule has 0 saturated heterocycles. The number of rotatable bonds is 17. The van der Waals surface area contributed by atoms with Crippen LogP contribution in [0.5, 0.6) is 0 Å². The normalized spacial score (nSPS) is 10.2. The summed E-state index contributed by atoms with van der Waals surface area (Å²) in [7, 11) is 0. The van der Waals surface area contributed by atoms with Gasteiger partial charge >= 0.3 is 11.9 Å². The first-order valence-electron chi connectivity index (χ1n) is 9.89. The van der Waals surface area contributed by atoms with Crippen LogP contribution in [0.3, 0.4) is 0 Å². The molecule has 25 heavy (non-hydrogen) atoms. The Hall–Kier alpha value is -1.14. The van der Waals surface area contributed by atoms with Crippen molar-refractivity contribution in [2.24, 2.45) is 0 Å². The Morgan fingerprint density at radius 1 is 0.600 bits per heavy atom. The average molecular weight is 361 g/mol. The van der Waals surface area contributed by atoms with Crippen molar-refractivity contribution in [2.45, 2.75) is 84.5 Å². The predicted molar refractivity (Wildman–Crippen MR) is 103 cm³/mol. The molecule has 6 nitrogen and oxygen atoms in total. The van der Waals surface area contributed by atoms with Crippen molar-refractivity contribution in [1.29, 1.82) is 0 Å². The maximum absolute atomic E-state index is 10.1. The molecule has 0 aromatic rings. The third kappa shape index (κ3) is 31.2. The van der Waals surface area contributed by atoms with Gasteiger partial charge in [0.15, 0.2) is 0 Å². The Morgan fingerprint density at radius 3 is 1.24 bits per heavy atom. The zero-order chi connectivity index (χ0) is 19.2. The molecule has 4 N–H and O–H groups in total. The molecule has 0 aliphatic heterocycles. The number of hydrogen-bond acceptors (Lipinski definition) is 4. The summed E-state index contributed by atoms with van der Waals surface area (Å²) < 4.78 is 0. The molecule has 0 spiro atoms. The summed E-state index contributed by atoms with van der Waals surface area (Å²) in [5, 5.41) is 23.3. The number of unbranched alkanes of at least 4 members (excludes halogenated alkanes) is 7. The van der Waals surface area contributed by atoms with E-state index >= 15 is 0 Å². The topological polar surface area (TPSA) is 98.7 Å².